The van der Waals surface area contributed by atoms with Crippen molar-refractivity contribution >= 4 is 27.3 Å². The molecule has 0 radical (unpaired) electrons. The van der Waals surface area contributed by atoms with Gasteiger partial charge in [0.05, 0.1) is 13.3 Å². The van der Waals surface area contributed by atoms with Crippen LogP contribution in [0, 0.1) is 0 Å². The average molecular weight is 345 g/mol. The Morgan fingerprint density at radius 1 is 1.63 bits per heavy atom. The second-order valence-electron chi connectivity index (χ2n) is 4.09. The highest BCUT2D eigenvalue weighted by molar-refractivity contribution is 9.10. The van der Waals surface area contributed by atoms with Gasteiger partial charge in [0.1, 0.15) is 11.7 Å². The lowest BCUT2D eigenvalue weighted by Crippen LogP contribution is -2.30. The van der Waals surface area contributed by atoms with Crippen LogP contribution in [-0.4, -0.2) is 16.9 Å². The molecule has 104 valence electrons. The van der Waals surface area contributed by atoms with Gasteiger partial charge in [-0.15, -0.1) is 11.3 Å². The molecule has 0 spiro atoms. The molecule has 3 N–H and O–H groups in total. The Kier molecular flexibility index (Phi) is 4.98. The summed E-state index contributed by atoms with van der Waals surface area (Å²) in [5, 5.41) is 6.40. The molecule has 0 amide bonds. The maximum absolute atomic E-state index is 5.74. The van der Waals surface area contributed by atoms with Crippen LogP contribution >= 0.6 is 27.3 Å². The second kappa shape index (κ2) is 6.51. The molecule has 2 rings (SSSR count). The summed E-state index contributed by atoms with van der Waals surface area (Å²) in [5.41, 5.74) is 3.82. The molecular weight excluding hydrogens is 328 g/mol. The molecule has 1 atom stereocenters. The Bertz CT molecular complexity index is 540. The molecule has 0 saturated carbocycles. The number of methoxy groups -OCH3 is 1. The minimum absolute atomic E-state index is 0.125. The summed E-state index contributed by atoms with van der Waals surface area (Å²) < 4.78 is 8.39. The monoisotopic (exact) mass is 344 g/mol. The van der Waals surface area contributed by atoms with Crippen LogP contribution in [0.15, 0.2) is 22.1 Å². The highest BCUT2D eigenvalue weighted by Crippen LogP contribution is 2.34. The first kappa shape index (κ1) is 14.5. The molecule has 0 aliphatic heterocycles. The number of thiophene rings is 1. The lowest BCUT2D eigenvalue weighted by Gasteiger charge is -2.17. The number of aromatic nitrogens is 2. The zero-order valence-electron chi connectivity index (χ0n) is 10.9. The van der Waals surface area contributed by atoms with Gasteiger partial charge in [-0.2, -0.15) is 5.10 Å². The van der Waals surface area contributed by atoms with Crippen LogP contribution < -0.4 is 16.0 Å². The van der Waals surface area contributed by atoms with Crippen molar-refractivity contribution in [3.8, 4) is 5.75 Å². The van der Waals surface area contributed by atoms with Crippen LogP contribution in [0.3, 0.4) is 0 Å². The maximum Gasteiger partial charge on any atom is 0.162 e. The summed E-state index contributed by atoms with van der Waals surface area (Å²) in [5.74, 6) is 6.49. The van der Waals surface area contributed by atoms with Crippen molar-refractivity contribution in [2.75, 3.05) is 7.11 Å². The number of hydrogen-bond acceptors (Lipinski definition) is 5. The fourth-order valence-electron chi connectivity index (χ4n) is 1.99. The van der Waals surface area contributed by atoms with Crippen molar-refractivity contribution in [2.24, 2.45) is 5.84 Å². The predicted molar refractivity (Wildman–Crippen MR) is 80.3 cm³/mol. The quantitative estimate of drug-likeness (QED) is 0.624. The van der Waals surface area contributed by atoms with Crippen molar-refractivity contribution < 1.29 is 4.74 Å². The minimum Gasteiger partial charge on any atom is -0.493 e. The Balaban J connectivity index is 2.44. The Labute approximate surface area is 124 Å². The van der Waals surface area contributed by atoms with Crippen LogP contribution in [0.4, 0.5) is 0 Å². The fraction of sp³-hybridized carbons (Fsp3) is 0.417. The first-order valence-corrected chi connectivity index (χ1v) is 7.68. The average Bonchev–Trinajstić information content (AvgIpc) is 2.99. The normalized spacial score (nSPS) is 12.6. The molecular formula is C12H17BrN4OS. The second-order valence-corrected chi connectivity index (χ2v) is 5.95. The molecule has 2 aromatic heterocycles. The van der Waals surface area contributed by atoms with Gasteiger partial charge in [-0.25, -0.2) is 5.43 Å². The first-order chi connectivity index (χ1) is 9.21. The van der Waals surface area contributed by atoms with Gasteiger partial charge in [0.15, 0.2) is 5.75 Å². The van der Waals surface area contributed by atoms with Gasteiger partial charge in [0.25, 0.3) is 0 Å². The molecule has 19 heavy (non-hydrogen) atoms. The van der Waals surface area contributed by atoms with Gasteiger partial charge in [0.2, 0.25) is 0 Å². The summed E-state index contributed by atoms with van der Waals surface area (Å²) in [6.07, 6.45) is 2.74. The van der Waals surface area contributed by atoms with Crippen LogP contribution in [0.2, 0.25) is 0 Å². The lowest BCUT2D eigenvalue weighted by molar-refractivity contribution is 0.399. The molecule has 2 aromatic rings. The SMILES string of the molecule is CCCn1ncc(OC)c1C(NN)c1cc(Br)cs1. The summed E-state index contributed by atoms with van der Waals surface area (Å²) >= 11 is 5.11. The third-order valence-electron chi connectivity index (χ3n) is 2.81. The van der Waals surface area contributed by atoms with Gasteiger partial charge < -0.3 is 4.74 Å². The number of hydrogen-bond donors (Lipinski definition) is 2. The van der Waals surface area contributed by atoms with Gasteiger partial charge in [-0.05, 0) is 28.4 Å². The zero-order chi connectivity index (χ0) is 13.8. The van der Waals surface area contributed by atoms with Crippen molar-refractivity contribution in [3.63, 3.8) is 0 Å². The molecule has 1 unspecified atom stereocenters. The molecule has 0 saturated heterocycles. The molecule has 0 aliphatic rings. The molecule has 7 heteroatoms. The number of rotatable bonds is 6. The number of nitrogens with zero attached hydrogens (tertiary/aromatic N) is 2. The summed E-state index contributed by atoms with van der Waals surface area (Å²) in [4.78, 5) is 1.12. The van der Waals surface area contributed by atoms with Crippen LogP contribution in [0.5, 0.6) is 5.75 Å². The third-order valence-corrected chi connectivity index (χ3v) is 4.57. The number of aryl methyl sites for hydroxylation is 1. The van der Waals surface area contributed by atoms with Crippen LogP contribution in [-0.2, 0) is 6.54 Å². The number of ether oxygens (including phenoxy) is 1. The highest BCUT2D eigenvalue weighted by Gasteiger charge is 2.23. The smallest absolute Gasteiger partial charge is 0.162 e. The number of nitrogens with one attached hydrogen (secondary N) is 1. The van der Waals surface area contributed by atoms with Gasteiger partial charge in [0, 0.05) is 21.3 Å². The van der Waals surface area contributed by atoms with E-state index >= 15 is 0 Å². The van der Waals surface area contributed by atoms with Gasteiger partial charge in [-0.3, -0.25) is 10.5 Å². The molecule has 0 aromatic carbocycles. The van der Waals surface area contributed by atoms with E-state index in [1.807, 2.05) is 10.1 Å². The van der Waals surface area contributed by atoms with Crippen LogP contribution in [0.25, 0.3) is 0 Å². The van der Waals surface area contributed by atoms with Crippen molar-refractivity contribution in [1.29, 1.82) is 0 Å². The van der Waals surface area contributed by atoms with E-state index in [1.165, 1.54) is 0 Å². The van der Waals surface area contributed by atoms with E-state index in [9.17, 15) is 0 Å². The fourth-order valence-corrected chi connectivity index (χ4v) is 3.50. The van der Waals surface area contributed by atoms with Crippen LogP contribution in [0.1, 0.15) is 30.0 Å². The van der Waals surface area contributed by atoms with Crippen molar-refractivity contribution in [1.82, 2.24) is 15.2 Å². The summed E-state index contributed by atoms with van der Waals surface area (Å²) in [6.45, 7) is 2.95. The van der Waals surface area contributed by atoms with Crippen molar-refractivity contribution in [3.05, 3.63) is 32.7 Å². The predicted octanol–water partition coefficient (Wildman–Crippen LogP) is 2.68. The van der Waals surface area contributed by atoms with E-state index in [1.54, 1.807) is 24.6 Å². The van der Waals surface area contributed by atoms with Gasteiger partial charge in [-0.1, -0.05) is 6.92 Å². The largest absolute Gasteiger partial charge is 0.493 e. The molecule has 0 aliphatic carbocycles. The molecule has 0 bridgehead atoms. The highest BCUT2D eigenvalue weighted by atomic mass is 79.9. The Morgan fingerprint density at radius 2 is 2.42 bits per heavy atom. The van der Waals surface area contributed by atoms with E-state index in [-0.39, 0.29) is 6.04 Å². The van der Waals surface area contributed by atoms with E-state index in [2.05, 4.69) is 39.4 Å². The lowest BCUT2D eigenvalue weighted by atomic mass is 10.1. The zero-order valence-corrected chi connectivity index (χ0v) is 13.3. The number of halogens is 1. The molecule has 5 nitrogen and oxygen atoms in total. The topological polar surface area (TPSA) is 65.1 Å². The van der Waals surface area contributed by atoms with E-state index in [0.717, 1.165) is 33.8 Å². The molecule has 2 heterocycles. The summed E-state index contributed by atoms with van der Waals surface area (Å²) in [7, 11) is 1.65. The van der Waals surface area contributed by atoms with E-state index in [4.69, 9.17) is 10.6 Å². The standard InChI is InChI=1S/C12H17BrN4OS/c1-3-4-17-12(9(18-2)6-15-17)11(16-14)10-5-8(13)7-19-10/h5-7,11,16H,3-4,14H2,1-2H3. The van der Waals surface area contributed by atoms with E-state index in [0.29, 0.717) is 0 Å². The number of nitrogens with two attached hydrogens (primary N) is 1. The van der Waals surface area contributed by atoms with Gasteiger partial charge >= 0.3 is 0 Å². The molecule has 0 fully saturated rings. The summed E-state index contributed by atoms with van der Waals surface area (Å²) in [6, 6.07) is 1.93. The minimum atomic E-state index is -0.125. The van der Waals surface area contributed by atoms with E-state index < -0.39 is 0 Å². The maximum atomic E-state index is 5.74. The first-order valence-electron chi connectivity index (χ1n) is 6.01. The Hall–Kier alpha value is -0.890. The Morgan fingerprint density at radius 3 is 2.95 bits per heavy atom. The third kappa shape index (κ3) is 3.00. The number of hydrazine groups is 1. The van der Waals surface area contributed by atoms with Crippen molar-refractivity contribution in [2.45, 2.75) is 25.9 Å².